The van der Waals surface area contributed by atoms with Gasteiger partial charge in [-0.1, -0.05) is 0 Å². The van der Waals surface area contributed by atoms with Gasteiger partial charge < -0.3 is 10.1 Å². The van der Waals surface area contributed by atoms with Crippen molar-refractivity contribution in [1.29, 1.82) is 0 Å². The van der Waals surface area contributed by atoms with Crippen molar-refractivity contribution in [3.8, 4) is 0 Å². The van der Waals surface area contributed by atoms with Crippen LogP contribution in [-0.2, 0) is 9.53 Å². The molecule has 0 saturated carbocycles. The van der Waals surface area contributed by atoms with Crippen LogP contribution in [0.1, 0.15) is 24.2 Å². The van der Waals surface area contributed by atoms with Crippen molar-refractivity contribution < 1.29 is 14.3 Å². The molecular weight excluding hydrogens is 298 g/mol. The predicted octanol–water partition coefficient (Wildman–Crippen LogP) is 3.16. The van der Waals surface area contributed by atoms with Gasteiger partial charge in [0, 0.05) is 11.6 Å². The zero-order chi connectivity index (χ0) is 15.2. The quantitative estimate of drug-likeness (QED) is 0.647. The van der Waals surface area contributed by atoms with Crippen LogP contribution in [0.25, 0.3) is 0 Å². The number of hydrogen-bond donors (Lipinski definition) is 1. The van der Waals surface area contributed by atoms with E-state index in [2.05, 4.69) is 5.32 Å². The zero-order valence-corrected chi connectivity index (χ0v) is 13.3. The van der Waals surface area contributed by atoms with Gasteiger partial charge in [0.1, 0.15) is 4.75 Å². The van der Waals surface area contributed by atoms with E-state index in [9.17, 15) is 9.59 Å². The van der Waals surface area contributed by atoms with E-state index in [1.54, 1.807) is 38.1 Å². The van der Waals surface area contributed by atoms with Crippen LogP contribution < -0.4 is 5.32 Å². The summed E-state index contributed by atoms with van der Waals surface area (Å²) in [4.78, 5) is 23.6. The SMILES string of the molecule is CCOC(=O)c1ccc(NC(=O)[C@](C)(CCl)SC)cc1. The van der Waals surface area contributed by atoms with Gasteiger partial charge in [-0.05, 0) is 44.4 Å². The van der Waals surface area contributed by atoms with Crippen LogP contribution in [0.3, 0.4) is 0 Å². The monoisotopic (exact) mass is 315 g/mol. The van der Waals surface area contributed by atoms with Gasteiger partial charge in [0.25, 0.3) is 0 Å². The number of halogens is 1. The molecule has 6 heteroatoms. The van der Waals surface area contributed by atoms with Gasteiger partial charge in [0.2, 0.25) is 5.91 Å². The minimum atomic E-state index is -0.679. The van der Waals surface area contributed by atoms with E-state index in [4.69, 9.17) is 16.3 Å². The molecule has 4 nitrogen and oxygen atoms in total. The molecule has 0 unspecified atom stereocenters. The van der Waals surface area contributed by atoms with Gasteiger partial charge in [0.15, 0.2) is 0 Å². The number of rotatable bonds is 6. The van der Waals surface area contributed by atoms with E-state index in [-0.39, 0.29) is 17.8 Å². The Hall–Kier alpha value is -1.20. The van der Waals surface area contributed by atoms with Crippen LogP contribution in [0.2, 0.25) is 0 Å². The molecule has 1 amide bonds. The van der Waals surface area contributed by atoms with Crippen molar-refractivity contribution in [2.45, 2.75) is 18.6 Å². The molecule has 1 aromatic carbocycles. The zero-order valence-electron chi connectivity index (χ0n) is 11.7. The molecule has 0 bridgehead atoms. The van der Waals surface area contributed by atoms with Crippen molar-refractivity contribution in [2.75, 3.05) is 24.1 Å². The van der Waals surface area contributed by atoms with Gasteiger partial charge >= 0.3 is 5.97 Å². The summed E-state index contributed by atoms with van der Waals surface area (Å²) in [5.74, 6) is -0.315. The predicted molar refractivity (Wildman–Crippen MR) is 83.7 cm³/mol. The summed E-state index contributed by atoms with van der Waals surface area (Å²) < 4.78 is 4.21. The fourth-order valence-corrected chi connectivity index (χ4v) is 2.17. The molecule has 0 aliphatic heterocycles. The van der Waals surface area contributed by atoms with Crippen LogP contribution in [-0.4, -0.2) is 35.4 Å². The third-order valence-corrected chi connectivity index (χ3v) is 4.76. The number of carbonyl (C=O) groups excluding carboxylic acids is 2. The molecule has 1 N–H and O–H groups in total. The minimum Gasteiger partial charge on any atom is -0.462 e. The molecule has 20 heavy (non-hydrogen) atoms. The molecule has 0 aromatic heterocycles. The maximum atomic E-state index is 12.1. The molecule has 0 spiro atoms. The van der Waals surface area contributed by atoms with Gasteiger partial charge in [-0.2, -0.15) is 0 Å². The first-order valence-electron chi connectivity index (χ1n) is 6.16. The molecule has 0 fully saturated rings. The molecule has 110 valence electrons. The molecule has 1 aromatic rings. The fourth-order valence-electron chi connectivity index (χ4n) is 1.38. The van der Waals surface area contributed by atoms with Gasteiger partial charge in [-0.3, -0.25) is 4.79 Å². The first kappa shape index (κ1) is 16.9. The lowest BCUT2D eigenvalue weighted by Gasteiger charge is -2.23. The molecule has 0 heterocycles. The number of esters is 1. The van der Waals surface area contributed by atoms with Crippen molar-refractivity contribution >= 4 is 40.9 Å². The highest BCUT2D eigenvalue weighted by Crippen LogP contribution is 2.25. The van der Waals surface area contributed by atoms with Crippen LogP contribution in [0, 0.1) is 0 Å². The summed E-state index contributed by atoms with van der Waals surface area (Å²) in [6.45, 7) is 3.87. The molecular formula is C14H18ClNO3S. The Morgan fingerprint density at radius 3 is 2.40 bits per heavy atom. The lowest BCUT2D eigenvalue weighted by molar-refractivity contribution is -0.117. The van der Waals surface area contributed by atoms with E-state index in [0.717, 1.165) is 0 Å². The van der Waals surface area contributed by atoms with E-state index in [1.165, 1.54) is 11.8 Å². The Balaban J connectivity index is 2.75. The largest absolute Gasteiger partial charge is 0.462 e. The van der Waals surface area contributed by atoms with Crippen LogP contribution in [0.4, 0.5) is 5.69 Å². The smallest absolute Gasteiger partial charge is 0.338 e. The highest BCUT2D eigenvalue weighted by Gasteiger charge is 2.31. The minimum absolute atomic E-state index is 0.163. The first-order chi connectivity index (χ1) is 9.46. The summed E-state index contributed by atoms with van der Waals surface area (Å²) in [6.07, 6.45) is 1.84. The number of nitrogens with one attached hydrogen (secondary N) is 1. The Morgan fingerprint density at radius 2 is 1.95 bits per heavy atom. The molecule has 0 saturated heterocycles. The second-order valence-corrected chi connectivity index (χ2v) is 5.90. The summed E-state index contributed by atoms with van der Waals surface area (Å²) in [5.41, 5.74) is 1.07. The lowest BCUT2D eigenvalue weighted by atomic mass is 10.1. The highest BCUT2D eigenvalue weighted by molar-refractivity contribution is 8.00. The summed E-state index contributed by atoms with van der Waals surface area (Å²) in [5, 5.41) is 2.79. The van der Waals surface area contributed by atoms with Crippen molar-refractivity contribution in [2.24, 2.45) is 0 Å². The average molecular weight is 316 g/mol. The third kappa shape index (κ3) is 4.15. The summed E-state index contributed by atoms with van der Waals surface area (Å²) in [6, 6.07) is 6.56. The Morgan fingerprint density at radius 1 is 1.35 bits per heavy atom. The molecule has 0 aliphatic carbocycles. The van der Waals surface area contributed by atoms with Crippen molar-refractivity contribution in [1.82, 2.24) is 0 Å². The number of alkyl halides is 1. The number of ether oxygens (including phenoxy) is 1. The highest BCUT2D eigenvalue weighted by atomic mass is 35.5. The van der Waals surface area contributed by atoms with E-state index < -0.39 is 4.75 Å². The van der Waals surface area contributed by atoms with Crippen molar-refractivity contribution in [3.05, 3.63) is 29.8 Å². The second kappa shape index (κ2) is 7.55. The average Bonchev–Trinajstić information content (AvgIpc) is 2.47. The van der Waals surface area contributed by atoms with Crippen LogP contribution in [0.15, 0.2) is 24.3 Å². The maximum Gasteiger partial charge on any atom is 0.338 e. The Labute approximate surface area is 128 Å². The summed E-state index contributed by atoms with van der Waals surface area (Å²) in [7, 11) is 0. The van der Waals surface area contributed by atoms with E-state index in [1.807, 2.05) is 6.26 Å². The van der Waals surface area contributed by atoms with Crippen molar-refractivity contribution in [3.63, 3.8) is 0 Å². The Kier molecular flexibility index (Phi) is 6.36. The molecule has 0 aliphatic rings. The number of benzene rings is 1. The lowest BCUT2D eigenvalue weighted by Crippen LogP contribution is -2.38. The normalized spacial score (nSPS) is 13.4. The number of amides is 1. The van der Waals surface area contributed by atoms with Crippen LogP contribution >= 0.6 is 23.4 Å². The topological polar surface area (TPSA) is 55.4 Å². The number of hydrogen-bond acceptors (Lipinski definition) is 4. The fraction of sp³-hybridized carbons (Fsp3) is 0.429. The summed E-state index contributed by atoms with van der Waals surface area (Å²) >= 11 is 7.22. The Bertz CT molecular complexity index is 472. The molecule has 1 rings (SSSR count). The standard InChI is InChI=1S/C14H18ClNO3S/c1-4-19-12(17)10-5-7-11(8-6-10)16-13(18)14(2,9-15)20-3/h5-8H,4,9H2,1-3H3,(H,16,18)/t14-/m0/s1. The molecule has 1 atom stereocenters. The third-order valence-electron chi connectivity index (χ3n) is 2.84. The number of carbonyl (C=O) groups is 2. The second-order valence-electron chi connectivity index (χ2n) is 4.32. The number of thioether (sulfide) groups is 1. The van der Waals surface area contributed by atoms with E-state index >= 15 is 0 Å². The number of anilines is 1. The first-order valence-corrected chi connectivity index (χ1v) is 7.92. The molecule has 0 radical (unpaired) electrons. The van der Waals surface area contributed by atoms with Gasteiger partial charge in [-0.25, -0.2) is 4.79 Å². The van der Waals surface area contributed by atoms with Gasteiger partial charge in [0.05, 0.1) is 12.2 Å². The maximum absolute atomic E-state index is 12.1. The van der Waals surface area contributed by atoms with E-state index in [0.29, 0.717) is 17.9 Å². The van der Waals surface area contributed by atoms with Crippen LogP contribution in [0.5, 0.6) is 0 Å². The van der Waals surface area contributed by atoms with Gasteiger partial charge in [-0.15, -0.1) is 23.4 Å².